The second-order valence-corrected chi connectivity index (χ2v) is 8.26. The maximum atomic E-state index is 13.2. The maximum Gasteiger partial charge on any atom is 0.287 e. The van der Waals surface area contributed by atoms with Crippen LogP contribution in [0.4, 0.5) is 5.69 Å². The molecule has 0 radical (unpaired) electrons. The van der Waals surface area contributed by atoms with Crippen molar-refractivity contribution in [3.05, 3.63) is 108 Å². The van der Waals surface area contributed by atoms with Crippen LogP contribution >= 0.6 is 0 Å². The van der Waals surface area contributed by atoms with E-state index in [0.717, 1.165) is 16.9 Å². The molecule has 0 fully saturated rings. The van der Waals surface area contributed by atoms with E-state index in [1.165, 1.54) is 4.68 Å². The fraction of sp³-hybridized carbons (Fsp3) is 0.148. The number of anilines is 1. The molecule has 0 saturated heterocycles. The summed E-state index contributed by atoms with van der Waals surface area (Å²) in [5, 5.41) is 7.25. The second kappa shape index (κ2) is 11.1. The van der Waals surface area contributed by atoms with Gasteiger partial charge in [-0.25, -0.2) is 9.67 Å². The highest BCUT2D eigenvalue weighted by Crippen LogP contribution is 2.16. The van der Waals surface area contributed by atoms with Gasteiger partial charge in [0.25, 0.3) is 11.8 Å². The lowest BCUT2D eigenvalue weighted by atomic mass is 10.0. The van der Waals surface area contributed by atoms with E-state index in [9.17, 15) is 14.4 Å². The van der Waals surface area contributed by atoms with Crippen LogP contribution in [-0.2, 0) is 22.6 Å². The van der Waals surface area contributed by atoms with Crippen molar-refractivity contribution < 1.29 is 14.4 Å². The largest absolute Gasteiger partial charge is 0.369 e. The number of pyridine rings is 1. The zero-order chi connectivity index (χ0) is 25.5. The van der Waals surface area contributed by atoms with E-state index in [-0.39, 0.29) is 12.0 Å². The number of hydrogen-bond donors (Lipinski definition) is 2. The molecule has 0 aliphatic heterocycles. The number of hydrogen-bond acceptors (Lipinski definition) is 6. The van der Waals surface area contributed by atoms with Crippen LogP contribution in [0.15, 0.2) is 91.3 Å². The van der Waals surface area contributed by atoms with Crippen molar-refractivity contribution in [3.8, 4) is 5.82 Å². The Bertz CT molecular complexity index is 1350. The van der Waals surface area contributed by atoms with Gasteiger partial charge in [-0.05, 0) is 35.9 Å². The molecule has 0 saturated carbocycles. The number of benzene rings is 2. The van der Waals surface area contributed by atoms with Gasteiger partial charge in [-0.1, -0.05) is 48.5 Å². The molecule has 3 N–H and O–H groups in total. The molecule has 2 heterocycles. The molecule has 1 unspecified atom stereocenters. The number of amides is 2. The van der Waals surface area contributed by atoms with Crippen molar-refractivity contribution in [1.82, 2.24) is 20.1 Å². The minimum Gasteiger partial charge on any atom is -0.369 e. The van der Waals surface area contributed by atoms with E-state index in [2.05, 4.69) is 20.3 Å². The molecule has 2 amide bonds. The predicted octanol–water partition coefficient (Wildman–Crippen LogP) is 2.30. The van der Waals surface area contributed by atoms with Gasteiger partial charge < -0.3 is 16.0 Å². The molecule has 9 heteroatoms. The lowest BCUT2D eigenvalue weighted by Crippen LogP contribution is -2.47. The van der Waals surface area contributed by atoms with E-state index < -0.39 is 23.6 Å². The van der Waals surface area contributed by atoms with Crippen molar-refractivity contribution in [2.45, 2.75) is 19.0 Å². The third-order valence-electron chi connectivity index (χ3n) is 5.64. The molecule has 2 aromatic carbocycles. The van der Waals surface area contributed by atoms with E-state index in [1.807, 2.05) is 61.6 Å². The molecule has 4 rings (SSSR count). The summed E-state index contributed by atoms with van der Waals surface area (Å²) in [6, 6.07) is 22.9. The van der Waals surface area contributed by atoms with Gasteiger partial charge in [0.05, 0.1) is 17.8 Å². The fourth-order valence-corrected chi connectivity index (χ4v) is 3.80. The summed E-state index contributed by atoms with van der Waals surface area (Å²) < 4.78 is 1.52. The molecule has 0 spiro atoms. The highest BCUT2D eigenvalue weighted by molar-refractivity contribution is 6.38. The van der Waals surface area contributed by atoms with Crippen LogP contribution in [0.1, 0.15) is 21.6 Å². The van der Waals surface area contributed by atoms with Gasteiger partial charge in [0.1, 0.15) is 6.04 Å². The molecule has 36 heavy (non-hydrogen) atoms. The van der Waals surface area contributed by atoms with Crippen LogP contribution in [-0.4, -0.2) is 45.5 Å². The Morgan fingerprint density at radius 2 is 1.67 bits per heavy atom. The number of nitrogens with zero attached hydrogens (tertiary/aromatic N) is 4. The van der Waals surface area contributed by atoms with Crippen LogP contribution in [0.2, 0.25) is 0 Å². The summed E-state index contributed by atoms with van der Waals surface area (Å²) >= 11 is 0. The van der Waals surface area contributed by atoms with Crippen LogP contribution in [0.5, 0.6) is 0 Å². The maximum absolute atomic E-state index is 13.2. The number of rotatable bonds is 10. The first kappa shape index (κ1) is 24.3. The molecular weight excluding hydrogens is 456 g/mol. The fourth-order valence-electron chi connectivity index (χ4n) is 3.80. The number of aromatic nitrogens is 3. The summed E-state index contributed by atoms with van der Waals surface area (Å²) in [5.41, 5.74) is 8.06. The van der Waals surface area contributed by atoms with E-state index in [0.29, 0.717) is 12.4 Å². The van der Waals surface area contributed by atoms with Crippen molar-refractivity contribution >= 4 is 23.3 Å². The minimum absolute atomic E-state index is 0.127. The minimum atomic E-state index is -1.11. The molecular formula is C27H26N6O3. The molecule has 182 valence electrons. The topological polar surface area (TPSA) is 123 Å². The number of primary amides is 1. The number of carbonyl (C=O) groups is 3. The molecule has 0 bridgehead atoms. The highest BCUT2D eigenvalue weighted by Gasteiger charge is 2.27. The lowest BCUT2D eigenvalue weighted by Gasteiger charge is -2.18. The number of Topliss-reactive ketones (excluding diaryl/α,β-unsaturated/α-hetero) is 1. The Morgan fingerprint density at radius 3 is 2.36 bits per heavy atom. The lowest BCUT2D eigenvalue weighted by molar-refractivity contribution is -0.137. The summed E-state index contributed by atoms with van der Waals surface area (Å²) in [6.07, 6.45) is 3.41. The molecule has 1 atom stereocenters. The van der Waals surface area contributed by atoms with Crippen molar-refractivity contribution in [3.63, 3.8) is 0 Å². The molecule has 9 nitrogen and oxygen atoms in total. The van der Waals surface area contributed by atoms with Crippen LogP contribution in [0, 0.1) is 0 Å². The van der Waals surface area contributed by atoms with Gasteiger partial charge in [0, 0.05) is 31.5 Å². The van der Waals surface area contributed by atoms with E-state index >= 15 is 0 Å². The third-order valence-corrected chi connectivity index (χ3v) is 5.64. The molecule has 0 aliphatic rings. The summed E-state index contributed by atoms with van der Waals surface area (Å²) in [6.45, 7) is 0.553. The zero-order valence-electron chi connectivity index (χ0n) is 19.7. The van der Waals surface area contributed by atoms with Gasteiger partial charge in [-0.2, -0.15) is 5.10 Å². The molecule has 2 aromatic heterocycles. The van der Waals surface area contributed by atoms with Gasteiger partial charge in [-0.15, -0.1) is 0 Å². The van der Waals surface area contributed by atoms with Crippen molar-refractivity contribution in [2.24, 2.45) is 5.73 Å². The zero-order valence-corrected chi connectivity index (χ0v) is 19.7. The van der Waals surface area contributed by atoms with Crippen molar-refractivity contribution in [1.29, 1.82) is 0 Å². The van der Waals surface area contributed by atoms with E-state index in [1.54, 1.807) is 36.7 Å². The second-order valence-electron chi connectivity index (χ2n) is 8.26. The SMILES string of the molecule is CN(Cc1ccn(-c2ncccc2C(=O)NC(Cc2ccccc2)C(=O)C(N)=O)n1)c1ccccc1. The average molecular weight is 483 g/mol. The number of ketones is 1. The Balaban J connectivity index is 1.54. The third kappa shape index (κ3) is 5.82. The highest BCUT2D eigenvalue weighted by atomic mass is 16.2. The van der Waals surface area contributed by atoms with Gasteiger partial charge in [0.2, 0.25) is 5.78 Å². The Labute approximate surface area is 208 Å². The summed E-state index contributed by atoms with van der Waals surface area (Å²) in [7, 11) is 1.97. The number of nitrogens with two attached hydrogens (primary N) is 1. The Kier molecular flexibility index (Phi) is 7.50. The van der Waals surface area contributed by atoms with Crippen LogP contribution < -0.4 is 16.0 Å². The number of nitrogens with one attached hydrogen (secondary N) is 1. The quantitative estimate of drug-likeness (QED) is 0.334. The average Bonchev–Trinajstić information content (AvgIpc) is 3.37. The van der Waals surface area contributed by atoms with Crippen LogP contribution in [0.25, 0.3) is 5.82 Å². The van der Waals surface area contributed by atoms with Gasteiger partial charge >= 0.3 is 0 Å². The standard InChI is InChI=1S/C27H26N6O3/c1-32(21-11-6-3-7-12-21)18-20-14-16-33(31-20)26-22(13-8-15-29-26)27(36)30-23(24(34)25(28)35)17-19-9-4-2-5-10-19/h2-16,23H,17-18H2,1H3,(H2,28,35)(H,30,36). The first-order valence-electron chi connectivity index (χ1n) is 11.4. The first-order valence-corrected chi connectivity index (χ1v) is 11.4. The number of para-hydroxylation sites is 1. The first-order chi connectivity index (χ1) is 17.4. The monoisotopic (exact) mass is 482 g/mol. The summed E-state index contributed by atoms with van der Waals surface area (Å²) in [4.78, 5) is 43.7. The Hall–Kier alpha value is -4.79. The van der Waals surface area contributed by atoms with Gasteiger partial charge in [0.15, 0.2) is 5.82 Å². The normalized spacial score (nSPS) is 11.5. The van der Waals surface area contributed by atoms with Crippen LogP contribution in [0.3, 0.4) is 0 Å². The summed E-state index contributed by atoms with van der Waals surface area (Å²) in [5.74, 6) is -2.24. The number of carbonyl (C=O) groups excluding carboxylic acids is 3. The smallest absolute Gasteiger partial charge is 0.287 e. The van der Waals surface area contributed by atoms with E-state index in [4.69, 9.17) is 5.73 Å². The Morgan fingerprint density at radius 1 is 0.972 bits per heavy atom. The predicted molar refractivity (Wildman–Crippen MR) is 136 cm³/mol. The molecule has 0 aliphatic carbocycles. The van der Waals surface area contributed by atoms with Crippen molar-refractivity contribution in [2.75, 3.05) is 11.9 Å². The molecule has 4 aromatic rings. The van der Waals surface area contributed by atoms with Gasteiger partial charge in [-0.3, -0.25) is 14.4 Å².